The van der Waals surface area contributed by atoms with Gasteiger partial charge >= 0.3 is 5.97 Å². The molecule has 3 heteroatoms. The lowest BCUT2D eigenvalue weighted by Gasteiger charge is -2.12. The third-order valence-electron chi connectivity index (χ3n) is 2.23. The number of benzene rings is 1. The molecule has 0 spiro atoms. The zero-order chi connectivity index (χ0) is 12.5. The number of rotatable bonds is 6. The number of carbonyl (C=O) groups excluding carboxylic acids is 1. The molecular formula is C14H19NO2. The topological polar surface area (TPSA) is 29.5 Å². The van der Waals surface area contributed by atoms with Crippen LogP contribution in [0.4, 0.5) is 0 Å². The maximum atomic E-state index is 11.2. The van der Waals surface area contributed by atoms with E-state index in [1.807, 2.05) is 61.4 Å². The molecule has 0 saturated carbocycles. The molecule has 92 valence electrons. The minimum Gasteiger partial charge on any atom is -0.465 e. The lowest BCUT2D eigenvalue weighted by Crippen LogP contribution is -2.27. The number of likely N-dealkylation sites (N-methyl/N-ethyl adjacent to an activating group) is 1. The quantitative estimate of drug-likeness (QED) is 0.705. The van der Waals surface area contributed by atoms with Crippen LogP contribution in [0.5, 0.6) is 0 Å². The number of hydrogen-bond acceptors (Lipinski definition) is 3. The molecule has 1 aromatic carbocycles. The van der Waals surface area contributed by atoms with Crippen LogP contribution in [0, 0.1) is 0 Å². The highest BCUT2D eigenvalue weighted by Crippen LogP contribution is 2.00. The second-order valence-electron chi connectivity index (χ2n) is 3.81. The van der Waals surface area contributed by atoms with E-state index in [9.17, 15) is 4.79 Å². The van der Waals surface area contributed by atoms with E-state index in [2.05, 4.69) is 0 Å². The molecular weight excluding hydrogens is 214 g/mol. The average Bonchev–Trinajstić information content (AvgIpc) is 2.30. The Morgan fingerprint density at radius 3 is 2.71 bits per heavy atom. The Morgan fingerprint density at radius 1 is 1.35 bits per heavy atom. The van der Waals surface area contributed by atoms with E-state index < -0.39 is 0 Å². The van der Waals surface area contributed by atoms with Crippen LogP contribution >= 0.6 is 0 Å². The molecule has 1 rings (SSSR count). The Morgan fingerprint density at radius 2 is 2.06 bits per heavy atom. The van der Waals surface area contributed by atoms with Gasteiger partial charge in [0.1, 0.15) is 0 Å². The van der Waals surface area contributed by atoms with Gasteiger partial charge in [-0.3, -0.25) is 9.69 Å². The van der Waals surface area contributed by atoms with Gasteiger partial charge in [-0.1, -0.05) is 42.5 Å². The molecule has 0 amide bonds. The summed E-state index contributed by atoms with van der Waals surface area (Å²) in [6.07, 6.45) is 4.08. The summed E-state index contributed by atoms with van der Waals surface area (Å²) in [4.78, 5) is 13.1. The normalized spacial score (nSPS) is 11.0. The standard InChI is InChI=1S/C14H19NO2/c1-3-17-14(16)12-15(2)11-7-10-13-8-5-4-6-9-13/h4-10H,3,11-12H2,1-2H3. The first-order valence-electron chi connectivity index (χ1n) is 5.78. The Hall–Kier alpha value is -1.61. The number of esters is 1. The third kappa shape index (κ3) is 5.88. The SMILES string of the molecule is CCOC(=O)CN(C)CC=Cc1ccccc1. The van der Waals surface area contributed by atoms with Gasteiger partial charge in [0, 0.05) is 6.54 Å². The van der Waals surface area contributed by atoms with Crippen LogP contribution < -0.4 is 0 Å². The van der Waals surface area contributed by atoms with Gasteiger partial charge in [-0.2, -0.15) is 0 Å². The summed E-state index contributed by atoms with van der Waals surface area (Å²) in [5.74, 6) is -0.178. The van der Waals surface area contributed by atoms with Gasteiger partial charge in [-0.25, -0.2) is 0 Å². The van der Waals surface area contributed by atoms with E-state index in [1.54, 1.807) is 0 Å². The predicted molar refractivity (Wildman–Crippen MR) is 69.6 cm³/mol. The van der Waals surface area contributed by atoms with Crippen LogP contribution in [0.1, 0.15) is 12.5 Å². The van der Waals surface area contributed by atoms with Crippen molar-refractivity contribution < 1.29 is 9.53 Å². The highest BCUT2D eigenvalue weighted by Gasteiger charge is 2.04. The van der Waals surface area contributed by atoms with E-state index >= 15 is 0 Å². The van der Waals surface area contributed by atoms with E-state index in [4.69, 9.17) is 4.74 Å². The average molecular weight is 233 g/mol. The Balaban J connectivity index is 2.30. The third-order valence-corrected chi connectivity index (χ3v) is 2.23. The smallest absolute Gasteiger partial charge is 0.320 e. The summed E-state index contributed by atoms with van der Waals surface area (Å²) in [5, 5.41) is 0. The summed E-state index contributed by atoms with van der Waals surface area (Å²) < 4.78 is 4.87. The molecule has 0 heterocycles. The fourth-order valence-electron chi connectivity index (χ4n) is 1.42. The predicted octanol–water partition coefficient (Wildman–Crippen LogP) is 2.19. The molecule has 0 unspecified atom stereocenters. The van der Waals surface area contributed by atoms with E-state index in [-0.39, 0.29) is 5.97 Å². The van der Waals surface area contributed by atoms with Gasteiger partial charge < -0.3 is 4.74 Å². The molecule has 0 fully saturated rings. The largest absolute Gasteiger partial charge is 0.465 e. The summed E-state index contributed by atoms with van der Waals surface area (Å²) in [6.45, 7) is 3.31. The first-order valence-corrected chi connectivity index (χ1v) is 5.78. The van der Waals surface area contributed by atoms with Crippen LogP contribution in [-0.4, -0.2) is 37.6 Å². The Kier molecular flexibility index (Phi) is 6.04. The zero-order valence-electron chi connectivity index (χ0n) is 10.4. The van der Waals surface area contributed by atoms with E-state index in [1.165, 1.54) is 0 Å². The maximum Gasteiger partial charge on any atom is 0.320 e. The van der Waals surface area contributed by atoms with Gasteiger partial charge in [-0.15, -0.1) is 0 Å². The van der Waals surface area contributed by atoms with Gasteiger partial charge in [0.2, 0.25) is 0 Å². The molecule has 0 N–H and O–H groups in total. The lowest BCUT2D eigenvalue weighted by molar-refractivity contribution is -0.143. The fraction of sp³-hybridized carbons (Fsp3) is 0.357. The van der Waals surface area contributed by atoms with Crippen molar-refractivity contribution in [3.8, 4) is 0 Å². The minimum atomic E-state index is -0.178. The molecule has 0 aromatic heterocycles. The molecule has 1 aromatic rings. The Labute approximate surface area is 103 Å². The van der Waals surface area contributed by atoms with Gasteiger partial charge in [0.15, 0.2) is 0 Å². The number of ether oxygens (including phenoxy) is 1. The van der Waals surface area contributed by atoms with E-state index in [0.29, 0.717) is 13.2 Å². The molecule has 0 saturated heterocycles. The monoisotopic (exact) mass is 233 g/mol. The number of hydrogen-bond donors (Lipinski definition) is 0. The number of nitrogens with zero attached hydrogens (tertiary/aromatic N) is 1. The summed E-state index contributed by atoms with van der Waals surface area (Å²) >= 11 is 0. The minimum absolute atomic E-state index is 0.178. The van der Waals surface area contributed by atoms with Crippen LogP contribution in [0.15, 0.2) is 36.4 Å². The van der Waals surface area contributed by atoms with Crippen molar-refractivity contribution in [3.05, 3.63) is 42.0 Å². The maximum absolute atomic E-state index is 11.2. The molecule has 17 heavy (non-hydrogen) atoms. The fourth-order valence-corrected chi connectivity index (χ4v) is 1.42. The summed E-state index contributed by atoms with van der Waals surface area (Å²) in [7, 11) is 1.90. The van der Waals surface area contributed by atoms with Crippen molar-refractivity contribution in [2.45, 2.75) is 6.92 Å². The summed E-state index contributed by atoms with van der Waals surface area (Å²) in [5.41, 5.74) is 1.16. The van der Waals surface area contributed by atoms with E-state index in [0.717, 1.165) is 12.1 Å². The number of carbonyl (C=O) groups is 1. The first kappa shape index (κ1) is 13.5. The molecule has 0 aliphatic carbocycles. The van der Waals surface area contributed by atoms with Gasteiger partial charge in [0.05, 0.1) is 13.2 Å². The van der Waals surface area contributed by atoms with Crippen molar-refractivity contribution in [2.24, 2.45) is 0 Å². The molecule has 0 bridgehead atoms. The van der Waals surface area contributed by atoms with Gasteiger partial charge in [0.25, 0.3) is 0 Å². The van der Waals surface area contributed by atoms with Crippen molar-refractivity contribution >= 4 is 12.0 Å². The second kappa shape index (κ2) is 7.63. The lowest BCUT2D eigenvalue weighted by atomic mass is 10.2. The van der Waals surface area contributed by atoms with Crippen LogP contribution in [0.3, 0.4) is 0 Å². The summed E-state index contributed by atoms with van der Waals surface area (Å²) in [6, 6.07) is 10.1. The molecule has 0 atom stereocenters. The van der Waals surface area contributed by atoms with Crippen molar-refractivity contribution in [1.29, 1.82) is 0 Å². The molecule has 0 aliphatic rings. The molecule has 0 radical (unpaired) electrons. The first-order chi connectivity index (χ1) is 8.22. The highest BCUT2D eigenvalue weighted by molar-refractivity contribution is 5.71. The van der Waals surface area contributed by atoms with Crippen LogP contribution in [-0.2, 0) is 9.53 Å². The van der Waals surface area contributed by atoms with Crippen molar-refractivity contribution in [3.63, 3.8) is 0 Å². The van der Waals surface area contributed by atoms with Crippen molar-refractivity contribution in [2.75, 3.05) is 26.7 Å². The van der Waals surface area contributed by atoms with Gasteiger partial charge in [-0.05, 0) is 19.5 Å². The highest BCUT2D eigenvalue weighted by atomic mass is 16.5. The van der Waals surface area contributed by atoms with Crippen molar-refractivity contribution in [1.82, 2.24) is 4.90 Å². The second-order valence-corrected chi connectivity index (χ2v) is 3.81. The van der Waals surface area contributed by atoms with Crippen LogP contribution in [0.25, 0.3) is 6.08 Å². The Bertz CT molecular complexity index is 360. The molecule has 3 nitrogen and oxygen atoms in total. The van der Waals surface area contributed by atoms with Crippen LogP contribution in [0.2, 0.25) is 0 Å². The zero-order valence-corrected chi connectivity index (χ0v) is 10.4. The molecule has 0 aliphatic heterocycles.